The fourth-order valence-corrected chi connectivity index (χ4v) is 1.99. The fraction of sp³-hybridized carbons (Fsp3) is 0.333. The van der Waals surface area contributed by atoms with E-state index in [1.165, 1.54) is 14.7 Å². The molecule has 0 N–H and O–H groups in total. The molecule has 0 unspecified atom stereocenters. The van der Waals surface area contributed by atoms with Crippen molar-refractivity contribution in [3.8, 4) is 0 Å². The van der Waals surface area contributed by atoms with Crippen LogP contribution in [-0.2, 0) is 0 Å². The zero-order chi connectivity index (χ0) is 8.27. The maximum absolute atomic E-state index is 2.22. The predicted octanol–water partition coefficient (Wildman–Crippen LogP) is 3.78. The first-order chi connectivity index (χ1) is 5.22. The van der Waals surface area contributed by atoms with Crippen molar-refractivity contribution in [2.45, 2.75) is 13.8 Å². The third-order valence-electron chi connectivity index (χ3n) is 1.43. The van der Waals surface area contributed by atoms with Gasteiger partial charge in [-0.15, -0.1) is 23.1 Å². The average molecular weight is 184 g/mol. The highest BCUT2D eigenvalue weighted by Crippen LogP contribution is 2.21. The Morgan fingerprint density at radius 3 is 2.73 bits per heavy atom. The number of hydrogen-bond acceptors (Lipinski definition) is 2. The first-order valence-corrected chi connectivity index (χ1v) is 5.55. The number of rotatable bonds is 2. The van der Waals surface area contributed by atoms with E-state index in [1.54, 1.807) is 11.8 Å². The van der Waals surface area contributed by atoms with Crippen molar-refractivity contribution < 1.29 is 0 Å². The number of allylic oxidation sites excluding steroid dienone is 1. The van der Waals surface area contributed by atoms with Gasteiger partial charge in [-0.05, 0) is 43.2 Å². The first-order valence-electron chi connectivity index (χ1n) is 3.51. The molecule has 0 aliphatic carbocycles. The normalized spacial score (nSPS) is 12.1. The lowest BCUT2D eigenvalue weighted by Crippen LogP contribution is -1.62. The van der Waals surface area contributed by atoms with Crippen LogP contribution in [0.15, 0.2) is 17.0 Å². The van der Waals surface area contributed by atoms with Crippen molar-refractivity contribution in [1.29, 1.82) is 0 Å². The highest BCUT2D eigenvalue weighted by Gasteiger charge is 1.92. The van der Waals surface area contributed by atoms with E-state index < -0.39 is 0 Å². The molecule has 1 heterocycles. The van der Waals surface area contributed by atoms with Crippen molar-refractivity contribution >= 4 is 29.2 Å². The van der Waals surface area contributed by atoms with E-state index in [9.17, 15) is 0 Å². The zero-order valence-corrected chi connectivity index (χ0v) is 8.68. The second-order valence-corrected chi connectivity index (χ2v) is 4.78. The van der Waals surface area contributed by atoms with Gasteiger partial charge in [0.1, 0.15) is 0 Å². The standard InChI is InChI=1S/C9H12S2/c1-7-4-5-9(11-7)6-8(2)10-3/h4-6H,1-3H3/b8-6-. The minimum Gasteiger partial charge on any atom is -0.141 e. The summed E-state index contributed by atoms with van der Waals surface area (Å²) in [7, 11) is 0. The van der Waals surface area contributed by atoms with Gasteiger partial charge >= 0.3 is 0 Å². The van der Waals surface area contributed by atoms with Crippen molar-refractivity contribution in [1.82, 2.24) is 0 Å². The topological polar surface area (TPSA) is 0 Å². The van der Waals surface area contributed by atoms with Crippen LogP contribution in [0.5, 0.6) is 0 Å². The van der Waals surface area contributed by atoms with Crippen LogP contribution in [0, 0.1) is 6.92 Å². The summed E-state index contributed by atoms with van der Waals surface area (Å²) < 4.78 is 0. The van der Waals surface area contributed by atoms with Gasteiger partial charge in [-0.2, -0.15) is 0 Å². The van der Waals surface area contributed by atoms with Crippen molar-refractivity contribution in [2.75, 3.05) is 6.26 Å². The molecule has 1 aromatic rings. The smallest absolute Gasteiger partial charge is 0.0280 e. The average Bonchev–Trinajstić information content (AvgIpc) is 2.35. The Labute approximate surface area is 76.3 Å². The van der Waals surface area contributed by atoms with Gasteiger partial charge < -0.3 is 0 Å². The number of aryl methyl sites for hydroxylation is 1. The molecule has 0 aliphatic rings. The molecule has 0 aromatic carbocycles. The van der Waals surface area contributed by atoms with Gasteiger partial charge in [-0.3, -0.25) is 0 Å². The van der Waals surface area contributed by atoms with Crippen LogP contribution in [0.1, 0.15) is 16.7 Å². The van der Waals surface area contributed by atoms with Gasteiger partial charge in [0.25, 0.3) is 0 Å². The Bertz CT molecular complexity index is 258. The molecule has 11 heavy (non-hydrogen) atoms. The SMILES string of the molecule is CS/C(C)=C\c1ccc(C)s1. The molecule has 60 valence electrons. The van der Waals surface area contributed by atoms with Crippen LogP contribution >= 0.6 is 23.1 Å². The van der Waals surface area contributed by atoms with E-state index >= 15 is 0 Å². The summed E-state index contributed by atoms with van der Waals surface area (Å²) >= 11 is 3.64. The van der Waals surface area contributed by atoms with E-state index in [2.05, 4.69) is 38.3 Å². The van der Waals surface area contributed by atoms with Crippen LogP contribution in [0.25, 0.3) is 6.08 Å². The number of thioether (sulfide) groups is 1. The molecule has 0 radical (unpaired) electrons. The maximum Gasteiger partial charge on any atom is 0.0280 e. The Balaban J connectivity index is 2.78. The van der Waals surface area contributed by atoms with Gasteiger partial charge in [-0.25, -0.2) is 0 Å². The first kappa shape index (κ1) is 8.88. The van der Waals surface area contributed by atoms with Crippen LogP contribution in [0.4, 0.5) is 0 Å². The summed E-state index contributed by atoms with van der Waals surface area (Å²) in [6.07, 6.45) is 4.33. The molecule has 1 aromatic heterocycles. The summed E-state index contributed by atoms with van der Waals surface area (Å²) in [4.78, 5) is 4.10. The van der Waals surface area contributed by atoms with Gasteiger partial charge in [0, 0.05) is 9.75 Å². The number of thiophene rings is 1. The van der Waals surface area contributed by atoms with Gasteiger partial charge in [-0.1, -0.05) is 0 Å². The molecule has 0 aliphatic heterocycles. The summed E-state index contributed by atoms with van der Waals surface area (Å²) in [6.45, 7) is 4.27. The molecular weight excluding hydrogens is 172 g/mol. The minimum atomic E-state index is 1.36. The third kappa shape index (κ3) is 2.72. The van der Waals surface area contributed by atoms with E-state index in [-0.39, 0.29) is 0 Å². The molecule has 0 amide bonds. The van der Waals surface area contributed by atoms with E-state index in [0.29, 0.717) is 0 Å². The molecular formula is C9H12S2. The van der Waals surface area contributed by atoms with Crippen LogP contribution in [0.3, 0.4) is 0 Å². The molecule has 2 heteroatoms. The molecule has 1 rings (SSSR count). The van der Waals surface area contributed by atoms with Crippen LogP contribution in [-0.4, -0.2) is 6.26 Å². The van der Waals surface area contributed by atoms with Gasteiger partial charge in [0.15, 0.2) is 0 Å². The molecule has 0 atom stereocenters. The molecule has 0 nitrogen and oxygen atoms in total. The van der Waals surface area contributed by atoms with Crippen LogP contribution in [0.2, 0.25) is 0 Å². The zero-order valence-electron chi connectivity index (χ0n) is 7.05. The van der Waals surface area contributed by atoms with E-state index in [1.807, 2.05) is 11.3 Å². The molecule has 0 saturated heterocycles. The Hall–Kier alpha value is -0.210. The van der Waals surface area contributed by atoms with Crippen molar-refractivity contribution in [3.05, 3.63) is 26.8 Å². The Kier molecular flexibility index (Phi) is 3.21. The minimum absolute atomic E-state index is 1.36. The molecule has 0 fully saturated rings. The maximum atomic E-state index is 2.22. The Morgan fingerprint density at radius 1 is 1.55 bits per heavy atom. The van der Waals surface area contributed by atoms with Gasteiger partial charge in [0.05, 0.1) is 0 Å². The summed E-state index contributed by atoms with van der Waals surface area (Å²) in [5.41, 5.74) is 0. The lowest BCUT2D eigenvalue weighted by Gasteiger charge is -1.90. The highest BCUT2D eigenvalue weighted by atomic mass is 32.2. The van der Waals surface area contributed by atoms with E-state index in [4.69, 9.17) is 0 Å². The monoisotopic (exact) mass is 184 g/mol. The second-order valence-electron chi connectivity index (χ2n) is 2.41. The van der Waals surface area contributed by atoms with E-state index in [0.717, 1.165) is 0 Å². The van der Waals surface area contributed by atoms with Crippen molar-refractivity contribution in [3.63, 3.8) is 0 Å². The highest BCUT2D eigenvalue weighted by molar-refractivity contribution is 8.02. The largest absolute Gasteiger partial charge is 0.141 e. The molecule has 0 saturated carbocycles. The predicted molar refractivity (Wildman–Crippen MR) is 56.2 cm³/mol. The second kappa shape index (κ2) is 3.98. The quantitative estimate of drug-likeness (QED) is 0.674. The Morgan fingerprint density at radius 2 is 2.27 bits per heavy atom. The lowest BCUT2D eigenvalue weighted by atomic mass is 10.4. The molecule has 0 bridgehead atoms. The number of hydrogen-bond donors (Lipinski definition) is 0. The van der Waals surface area contributed by atoms with Crippen molar-refractivity contribution in [2.24, 2.45) is 0 Å². The van der Waals surface area contributed by atoms with Crippen LogP contribution < -0.4 is 0 Å². The summed E-state index contributed by atoms with van der Waals surface area (Å²) in [5, 5.41) is 0. The summed E-state index contributed by atoms with van der Waals surface area (Å²) in [6, 6.07) is 4.32. The summed E-state index contributed by atoms with van der Waals surface area (Å²) in [5.74, 6) is 0. The lowest BCUT2D eigenvalue weighted by molar-refractivity contribution is 1.64. The fourth-order valence-electron chi connectivity index (χ4n) is 0.790. The third-order valence-corrected chi connectivity index (χ3v) is 3.14. The van der Waals surface area contributed by atoms with Gasteiger partial charge in [0.2, 0.25) is 0 Å². The molecule has 0 spiro atoms.